The highest BCUT2D eigenvalue weighted by molar-refractivity contribution is 8.26. The molecule has 1 atom stereocenters. The van der Waals surface area contributed by atoms with Gasteiger partial charge in [-0.15, -0.1) is 0 Å². The van der Waals surface area contributed by atoms with Crippen molar-refractivity contribution in [1.82, 2.24) is 14.7 Å². The molecule has 3 heterocycles. The van der Waals surface area contributed by atoms with Crippen molar-refractivity contribution in [3.8, 4) is 17.1 Å². The summed E-state index contributed by atoms with van der Waals surface area (Å²) in [4.78, 5) is 15.6. The van der Waals surface area contributed by atoms with Gasteiger partial charge in [-0.3, -0.25) is 9.69 Å². The molecule has 166 valence electrons. The van der Waals surface area contributed by atoms with Gasteiger partial charge in [-0.05, 0) is 42.7 Å². The van der Waals surface area contributed by atoms with E-state index < -0.39 is 0 Å². The molecule has 32 heavy (non-hydrogen) atoms. The molecule has 7 heteroatoms. The van der Waals surface area contributed by atoms with E-state index >= 15 is 0 Å². The van der Waals surface area contributed by atoms with Crippen LogP contribution in [0.25, 0.3) is 23.2 Å². The van der Waals surface area contributed by atoms with E-state index in [2.05, 4.69) is 13.8 Å². The van der Waals surface area contributed by atoms with E-state index in [0.717, 1.165) is 30.5 Å². The Balaban J connectivity index is 1.64. The van der Waals surface area contributed by atoms with Gasteiger partial charge in [-0.1, -0.05) is 75.3 Å². The van der Waals surface area contributed by atoms with Crippen molar-refractivity contribution in [2.75, 3.05) is 6.54 Å². The standard InChI is InChI=1S/C25H27N3O2S2/c1-3-5-10-18(4-2)16-27-24(29)22(32-25(27)31)15-19-17-28(20-11-7-6-8-12-20)26-23(19)21-13-9-14-30-21/h6-9,11-15,17-18H,3-5,10,16H2,1-2H3/b22-15-/t18-/m1/s1. The van der Waals surface area contributed by atoms with Gasteiger partial charge in [0.05, 0.1) is 16.9 Å². The number of amides is 1. The first-order valence-corrected chi connectivity index (χ1v) is 12.3. The predicted molar refractivity (Wildman–Crippen MR) is 134 cm³/mol. The zero-order valence-electron chi connectivity index (χ0n) is 18.4. The van der Waals surface area contributed by atoms with Crippen LogP contribution >= 0.6 is 24.0 Å². The number of furan rings is 1. The van der Waals surface area contributed by atoms with E-state index in [9.17, 15) is 4.79 Å². The first-order valence-electron chi connectivity index (χ1n) is 11.0. The highest BCUT2D eigenvalue weighted by Gasteiger charge is 2.33. The lowest BCUT2D eigenvalue weighted by Gasteiger charge is -2.21. The molecular weight excluding hydrogens is 438 g/mol. The average molecular weight is 466 g/mol. The number of aromatic nitrogens is 2. The van der Waals surface area contributed by atoms with Crippen LogP contribution in [0.3, 0.4) is 0 Å². The van der Waals surface area contributed by atoms with E-state index in [1.54, 1.807) is 11.2 Å². The Morgan fingerprint density at radius 3 is 2.69 bits per heavy atom. The second-order valence-electron chi connectivity index (χ2n) is 7.90. The summed E-state index contributed by atoms with van der Waals surface area (Å²) in [5, 5.41) is 4.73. The smallest absolute Gasteiger partial charge is 0.266 e. The van der Waals surface area contributed by atoms with Crippen molar-refractivity contribution in [2.24, 2.45) is 5.92 Å². The van der Waals surface area contributed by atoms with E-state index in [1.807, 2.05) is 59.4 Å². The number of nitrogens with zero attached hydrogens (tertiary/aromatic N) is 3. The summed E-state index contributed by atoms with van der Waals surface area (Å²) in [6.45, 7) is 5.07. The molecule has 1 amide bonds. The molecular formula is C25H27N3O2S2. The van der Waals surface area contributed by atoms with Crippen LogP contribution in [0, 0.1) is 5.92 Å². The molecule has 0 unspecified atom stereocenters. The average Bonchev–Trinajstić information content (AvgIpc) is 3.54. The number of para-hydroxylation sites is 1. The summed E-state index contributed by atoms with van der Waals surface area (Å²) in [6.07, 6.45) is 9.94. The third kappa shape index (κ3) is 4.89. The maximum atomic E-state index is 13.2. The number of hydrogen-bond acceptors (Lipinski definition) is 5. The Labute approximate surface area is 198 Å². The van der Waals surface area contributed by atoms with E-state index in [0.29, 0.717) is 33.1 Å². The Hall–Kier alpha value is -2.64. The second-order valence-corrected chi connectivity index (χ2v) is 9.58. The Morgan fingerprint density at radius 2 is 2.00 bits per heavy atom. The highest BCUT2D eigenvalue weighted by atomic mass is 32.2. The zero-order chi connectivity index (χ0) is 22.5. The van der Waals surface area contributed by atoms with Crippen LogP contribution in [0.1, 0.15) is 45.1 Å². The van der Waals surface area contributed by atoms with E-state index in [-0.39, 0.29) is 5.91 Å². The quantitative estimate of drug-likeness (QED) is 0.265. The lowest BCUT2D eigenvalue weighted by atomic mass is 9.99. The van der Waals surface area contributed by atoms with Crippen molar-refractivity contribution in [3.63, 3.8) is 0 Å². The van der Waals surface area contributed by atoms with Gasteiger partial charge in [-0.25, -0.2) is 4.68 Å². The molecule has 0 N–H and O–H groups in total. The van der Waals surface area contributed by atoms with Crippen LogP contribution in [0.2, 0.25) is 0 Å². The summed E-state index contributed by atoms with van der Waals surface area (Å²) in [6, 6.07) is 13.6. The molecule has 1 fully saturated rings. The minimum Gasteiger partial charge on any atom is -0.463 e. The van der Waals surface area contributed by atoms with Crippen molar-refractivity contribution < 1.29 is 9.21 Å². The topological polar surface area (TPSA) is 51.3 Å². The fraction of sp³-hybridized carbons (Fsp3) is 0.320. The summed E-state index contributed by atoms with van der Waals surface area (Å²) in [7, 11) is 0. The summed E-state index contributed by atoms with van der Waals surface area (Å²) < 4.78 is 8.05. The highest BCUT2D eigenvalue weighted by Crippen LogP contribution is 2.36. The van der Waals surface area contributed by atoms with Crippen LogP contribution in [0.15, 0.2) is 64.2 Å². The number of unbranched alkanes of at least 4 members (excludes halogenated alkanes) is 1. The second kappa shape index (κ2) is 10.3. The molecule has 5 nitrogen and oxygen atoms in total. The number of thioether (sulfide) groups is 1. The predicted octanol–water partition coefficient (Wildman–Crippen LogP) is 6.55. The summed E-state index contributed by atoms with van der Waals surface area (Å²) >= 11 is 6.94. The van der Waals surface area contributed by atoms with Gasteiger partial charge >= 0.3 is 0 Å². The maximum Gasteiger partial charge on any atom is 0.266 e. The number of thiocarbonyl (C=S) groups is 1. The summed E-state index contributed by atoms with van der Waals surface area (Å²) in [5.41, 5.74) is 2.45. The number of hydrogen-bond donors (Lipinski definition) is 0. The number of carbonyl (C=O) groups excluding carboxylic acids is 1. The number of carbonyl (C=O) groups is 1. The van der Waals surface area contributed by atoms with Crippen molar-refractivity contribution in [3.05, 3.63) is 65.4 Å². The third-order valence-corrected chi connectivity index (χ3v) is 7.04. The van der Waals surface area contributed by atoms with Gasteiger partial charge < -0.3 is 4.42 Å². The van der Waals surface area contributed by atoms with Gasteiger partial charge in [0.1, 0.15) is 10.0 Å². The van der Waals surface area contributed by atoms with Crippen molar-refractivity contribution in [2.45, 2.75) is 39.5 Å². The molecule has 1 aliphatic heterocycles. The van der Waals surface area contributed by atoms with Crippen molar-refractivity contribution >= 4 is 40.3 Å². The molecule has 0 aliphatic carbocycles. The maximum absolute atomic E-state index is 13.2. The fourth-order valence-corrected chi connectivity index (χ4v) is 5.05. The van der Waals surface area contributed by atoms with Gasteiger partial charge in [0.2, 0.25) is 0 Å². The molecule has 0 spiro atoms. The Bertz CT molecular complexity index is 1100. The third-order valence-electron chi connectivity index (χ3n) is 5.66. The number of rotatable bonds is 9. The SMILES string of the molecule is CCCC[C@@H](CC)CN1C(=O)/C(=C/c2cn(-c3ccccc3)nc2-c2ccco2)SC1=S. The van der Waals surface area contributed by atoms with Gasteiger partial charge in [-0.2, -0.15) is 5.10 Å². The monoisotopic (exact) mass is 465 g/mol. The van der Waals surface area contributed by atoms with E-state index in [1.165, 1.54) is 18.2 Å². The summed E-state index contributed by atoms with van der Waals surface area (Å²) in [5.74, 6) is 1.11. The lowest BCUT2D eigenvalue weighted by molar-refractivity contribution is -0.122. The molecule has 1 saturated heterocycles. The van der Waals surface area contributed by atoms with Crippen LogP contribution in [0.4, 0.5) is 0 Å². The Morgan fingerprint density at radius 1 is 1.19 bits per heavy atom. The van der Waals surface area contributed by atoms with E-state index in [4.69, 9.17) is 21.7 Å². The van der Waals surface area contributed by atoms with Gasteiger partial charge in [0.15, 0.2) is 5.76 Å². The van der Waals surface area contributed by atoms with Crippen LogP contribution in [-0.2, 0) is 4.79 Å². The molecule has 4 rings (SSSR count). The van der Waals surface area contributed by atoms with Crippen molar-refractivity contribution in [1.29, 1.82) is 0 Å². The van der Waals surface area contributed by atoms with Crippen LogP contribution in [-0.4, -0.2) is 31.5 Å². The zero-order valence-corrected chi connectivity index (χ0v) is 20.0. The minimum absolute atomic E-state index is 0.0206. The van der Waals surface area contributed by atoms with Crippen LogP contribution < -0.4 is 0 Å². The normalized spacial score (nSPS) is 16.3. The molecule has 1 aliphatic rings. The largest absolute Gasteiger partial charge is 0.463 e. The molecule has 1 aromatic carbocycles. The molecule has 2 aromatic heterocycles. The Kier molecular flexibility index (Phi) is 7.27. The van der Waals surface area contributed by atoms with Gasteiger partial charge in [0, 0.05) is 18.3 Å². The van der Waals surface area contributed by atoms with Gasteiger partial charge in [0.25, 0.3) is 5.91 Å². The minimum atomic E-state index is -0.0206. The first kappa shape index (κ1) is 22.6. The molecule has 0 saturated carbocycles. The molecule has 0 radical (unpaired) electrons. The number of benzene rings is 1. The van der Waals surface area contributed by atoms with Crippen LogP contribution in [0.5, 0.6) is 0 Å². The lowest BCUT2D eigenvalue weighted by Crippen LogP contribution is -2.33. The fourth-order valence-electron chi connectivity index (χ4n) is 3.78. The first-order chi connectivity index (χ1) is 15.6. The molecule has 0 bridgehead atoms. The molecule has 3 aromatic rings.